The Kier molecular flexibility index (Phi) is 7.98. The minimum absolute atomic E-state index is 0.0435. The fraction of sp³-hybridized carbons (Fsp3) is 0.304. The van der Waals surface area contributed by atoms with E-state index >= 15 is 0 Å². The van der Waals surface area contributed by atoms with Gasteiger partial charge in [-0.2, -0.15) is 0 Å². The van der Waals surface area contributed by atoms with E-state index in [0.717, 1.165) is 5.56 Å². The predicted molar refractivity (Wildman–Crippen MR) is 120 cm³/mol. The molecule has 4 N–H and O–H groups in total. The fourth-order valence-corrected chi connectivity index (χ4v) is 3.23. The van der Waals surface area contributed by atoms with Gasteiger partial charge in [0.25, 0.3) is 5.91 Å². The van der Waals surface area contributed by atoms with Crippen molar-refractivity contribution in [2.45, 2.75) is 6.42 Å². The van der Waals surface area contributed by atoms with Gasteiger partial charge in [0, 0.05) is 24.3 Å². The number of carbonyl (C=O) groups excluding carboxylic acids is 3. The molecule has 0 atom stereocenters. The van der Waals surface area contributed by atoms with Crippen molar-refractivity contribution in [2.75, 3.05) is 45.3 Å². The Labute approximate surface area is 191 Å². The molecule has 0 bridgehead atoms. The first-order chi connectivity index (χ1) is 15.9. The fourth-order valence-electron chi connectivity index (χ4n) is 3.23. The van der Waals surface area contributed by atoms with E-state index in [4.69, 9.17) is 20.6 Å². The number of anilines is 1. The summed E-state index contributed by atoms with van der Waals surface area (Å²) in [7, 11) is 1.25. The van der Waals surface area contributed by atoms with E-state index < -0.39 is 5.97 Å². The van der Waals surface area contributed by atoms with Crippen molar-refractivity contribution >= 4 is 29.3 Å². The Morgan fingerprint density at radius 3 is 2.45 bits per heavy atom. The number of hydrogen-bond donors (Lipinski definition) is 3. The summed E-state index contributed by atoms with van der Waals surface area (Å²) in [5, 5.41) is 10.2. The Morgan fingerprint density at radius 1 is 1.12 bits per heavy atom. The van der Waals surface area contributed by atoms with Crippen molar-refractivity contribution in [1.29, 1.82) is 5.41 Å². The van der Waals surface area contributed by atoms with Crippen LogP contribution in [0.4, 0.5) is 5.69 Å². The maximum Gasteiger partial charge on any atom is 0.343 e. The topological polar surface area (TPSA) is 144 Å². The molecule has 1 saturated heterocycles. The van der Waals surface area contributed by atoms with Crippen molar-refractivity contribution in [3.05, 3.63) is 59.2 Å². The van der Waals surface area contributed by atoms with Gasteiger partial charge < -0.3 is 30.2 Å². The third-order valence-corrected chi connectivity index (χ3v) is 4.99. The van der Waals surface area contributed by atoms with E-state index in [-0.39, 0.29) is 42.0 Å². The second-order valence-corrected chi connectivity index (χ2v) is 7.32. The minimum Gasteiger partial charge on any atom is -0.481 e. The third-order valence-electron chi connectivity index (χ3n) is 4.99. The molecule has 2 aromatic rings. The van der Waals surface area contributed by atoms with Crippen LogP contribution in [0.3, 0.4) is 0 Å². The van der Waals surface area contributed by atoms with Gasteiger partial charge in [-0.1, -0.05) is 24.3 Å². The zero-order chi connectivity index (χ0) is 23.8. The molecule has 0 saturated carbocycles. The molecule has 0 aromatic heterocycles. The van der Waals surface area contributed by atoms with Gasteiger partial charge in [0.05, 0.1) is 32.3 Å². The largest absolute Gasteiger partial charge is 0.481 e. The molecule has 0 radical (unpaired) electrons. The first-order valence-electron chi connectivity index (χ1n) is 10.3. The number of nitrogens with two attached hydrogens (primary N) is 1. The lowest BCUT2D eigenvalue weighted by Crippen LogP contribution is -2.40. The summed E-state index contributed by atoms with van der Waals surface area (Å²) in [6.07, 6.45) is 0.103. The summed E-state index contributed by atoms with van der Waals surface area (Å²) in [6.45, 7) is 1.39. The van der Waals surface area contributed by atoms with Crippen molar-refractivity contribution < 1.29 is 28.6 Å². The molecule has 1 aliphatic rings. The molecule has 1 aliphatic heterocycles. The quantitative estimate of drug-likeness (QED) is 0.309. The van der Waals surface area contributed by atoms with Crippen LogP contribution < -0.4 is 15.8 Å². The highest BCUT2D eigenvalue weighted by Gasteiger charge is 2.23. The first kappa shape index (κ1) is 23.7. The second kappa shape index (κ2) is 11.1. The number of hydrogen-bond acceptors (Lipinski definition) is 7. The van der Waals surface area contributed by atoms with Crippen LogP contribution in [-0.4, -0.2) is 68.5 Å². The molecule has 10 heteroatoms. The summed E-state index contributed by atoms with van der Waals surface area (Å²) in [4.78, 5) is 38.7. The Hall–Kier alpha value is -3.92. The Balaban J connectivity index is 1.75. The molecule has 174 valence electrons. The van der Waals surface area contributed by atoms with Gasteiger partial charge in [0.1, 0.15) is 11.6 Å². The summed E-state index contributed by atoms with van der Waals surface area (Å²) < 4.78 is 15.4. The van der Waals surface area contributed by atoms with E-state index in [2.05, 4.69) is 10.1 Å². The summed E-state index contributed by atoms with van der Waals surface area (Å²) in [5.74, 6) is -0.965. The summed E-state index contributed by atoms with van der Waals surface area (Å²) >= 11 is 0. The molecular weight excluding hydrogens is 428 g/mol. The smallest absolute Gasteiger partial charge is 0.343 e. The molecule has 0 aliphatic carbocycles. The van der Waals surface area contributed by atoms with E-state index in [1.807, 2.05) is 0 Å². The highest BCUT2D eigenvalue weighted by molar-refractivity contribution is 6.00. The van der Waals surface area contributed by atoms with E-state index in [9.17, 15) is 14.4 Å². The number of nitrogens with one attached hydrogen (secondary N) is 2. The highest BCUT2D eigenvalue weighted by Crippen LogP contribution is 2.25. The van der Waals surface area contributed by atoms with E-state index in [1.54, 1.807) is 35.2 Å². The van der Waals surface area contributed by atoms with Crippen LogP contribution in [-0.2, 0) is 25.5 Å². The molecule has 10 nitrogen and oxygen atoms in total. The lowest BCUT2D eigenvalue weighted by Gasteiger charge is -2.27. The lowest BCUT2D eigenvalue weighted by atomic mass is 10.1. The number of nitrogen functional groups attached to an aromatic ring is 1. The van der Waals surface area contributed by atoms with Crippen molar-refractivity contribution in [3.8, 4) is 5.75 Å². The summed E-state index contributed by atoms with van der Waals surface area (Å²) in [6, 6.07) is 11.5. The molecule has 2 amide bonds. The van der Waals surface area contributed by atoms with Crippen LogP contribution in [0, 0.1) is 5.41 Å². The van der Waals surface area contributed by atoms with Crippen LogP contribution >= 0.6 is 0 Å². The third kappa shape index (κ3) is 6.53. The second-order valence-electron chi connectivity index (χ2n) is 7.32. The van der Waals surface area contributed by atoms with Crippen LogP contribution in [0.25, 0.3) is 0 Å². The van der Waals surface area contributed by atoms with Crippen molar-refractivity contribution in [2.24, 2.45) is 5.73 Å². The van der Waals surface area contributed by atoms with Crippen molar-refractivity contribution in [1.82, 2.24) is 4.90 Å². The molecule has 33 heavy (non-hydrogen) atoms. The first-order valence-corrected chi connectivity index (χ1v) is 10.3. The maximum atomic E-state index is 13.1. The standard InChI is InChI=1S/C23H26N4O6/c1-31-21(29)14-33-19-7-6-17(13-18(19)23(30)27-8-10-32-11-9-27)26-20(28)12-15-2-4-16(5-3-15)22(24)25/h2-7,13H,8-12,14H2,1H3,(H3,24,25)(H,26,28). The number of nitrogens with zero attached hydrogens (tertiary/aromatic N) is 1. The zero-order valence-electron chi connectivity index (χ0n) is 18.3. The molecule has 3 rings (SSSR count). The average molecular weight is 454 g/mol. The molecule has 1 heterocycles. The monoisotopic (exact) mass is 454 g/mol. The highest BCUT2D eigenvalue weighted by atomic mass is 16.6. The van der Waals surface area contributed by atoms with Gasteiger partial charge in [-0.05, 0) is 23.8 Å². The lowest BCUT2D eigenvalue weighted by molar-refractivity contribution is -0.142. The van der Waals surface area contributed by atoms with Gasteiger partial charge in [0.15, 0.2) is 6.61 Å². The predicted octanol–water partition coefficient (Wildman–Crippen LogP) is 1.18. The average Bonchev–Trinajstić information content (AvgIpc) is 2.83. The van der Waals surface area contributed by atoms with Crippen LogP contribution in [0.1, 0.15) is 21.5 Å². The normalized spacial score (nSPS) is 13.2. The number of esters is 1. The number of amidine groups is 1. The zero-order valence-corrected chi connectivity index (χ0v) is 18.3. The Bertz CT molecular complexity index is 1030. The number of rotatable bonds is 8. The minimum atomic E-state index is -0.576. The SMILES string of the molecule is COC(=O)COc1ccc(NC(=O)Cc2ccc(C(=N)N)cc2)cc1C(=O)N1CCOCC1. The number of methoxy groups -OCH3 is 1. The number of benzene rings is 2. The van der Waals surface area contributed by atoms with Crippen LogP contribution in [0.15, 0.2) is 42.5 Å². The number of morpholine rings is 1. The molecule has 0 unspecified atom stereocenters. The Morgan fingerprint density at radius 2 is 1.82 bits per heavy atom. The number of amides is 2. The molecular formula is C23H26N4O6. The van der Waals surface area contributed by atoms with Gasteiger partial charge in [-0.3, -0.25) is 15.0 Å². The molecule has 1 fully saturated rings. The van der Waals surface area contributed by atoms with Gasteiger partial charge in [-0.15, -0.1) is 0 Å². The number of ether oxygens (including phenoxy) is 3. The molecule has 0 spiro atoms. The van der Waals surface area contributed by atoms with Gasteiger partial charge in [0.2, 0.25) is 5.91 Å². The van der Waals surface area contributed by atoms with Gasteiger partial charge >= 0.3 is 5.97 Å². The van der Waals surface area contributed by atoms with Gasteiger partial charge in [-0.25, -0.2) is 4.79 Å². The van der Waals surface area contributed by atoms with E-state index in [1.165, 1.54) is 19.2 Å². The van der Waals surface area contributed by atoms with Crippen molar-refractivity contribution in [3.63, 3.8) is 0 Å². The molecule has 2 aromatic carbocycles. The number of carbonyl (C=O) groups is 3. The van der Waals surface area contributed by atoms with Crippen LogP contribution in [0.2, 0.25) is 0 Å². The summed E-state index contributed by atoms with van der Waals surface area (Å²) in [5.41, 5.74) is 7.42. The van der Waals surface area contributed by atoms with E-state index in [0.29, 0.717) is 37.6 Å². The van der Waals surface area contributed by atoms with Crippen LogP contribution in [0.5, 0.6) is 5.75 Å². The maximum absolute atomic E-state index is 13.1.